The number of carbonyl (C=O) groups is 2. The molecule has 5 nitrogen and oxygen atoms in total. The molecule has 6 heteroatoms. The van der Waals surface area contributed by atoms with E-state index in [-0.39, 0.29) is 17.6 Å². The molecule has 21 heavy (non-hydrogen) atoms. The third-order valence-corrected chi connectivity index (χ3v) is 3.48. The van der Waals surface area contributed by atoms with Crippen LogP contribution in [0.2, 0.25) is 0 Å². The van der Waals surface area contributed by atoms with E-state index in [2.05, 4.69) is 5.32 Å². The third-order valence-electron chi connectivity index (χ3n) is 3.48. The van der Waals surface area contributed by atoms with Crippen LogP contribution >= 0.6 is 0 Å². The van der Waals surface area contributed by atoms with Crippen molar-refractivity contribution in [1.29, 1.82) is 0 Å². The summed E-state index contributed by atoms with van der Waals surface area (Å²) in [6.45, 7) is 1.54. The number of nitrogens with one attached hydrogen (secondary N) is 1. The number of nitrogens with zero attached hydrogens (tertiary/aromatic N) is 1. The third kappa shape index (κ3) is 3.78. The summed E-state index contributed by atoms with van der Waals surface area (Å²) in [6, 6.07) is 5.71. The second-order valence-corrected chi connectivity index (χ2v) is 4.94. The molecule has 0 aliphatic carbocycles. The molecule has 0 aromatic heterocycles. The van der Waals surface area contributed by atoms with Crippen molar-refractivity contribution in [3.05, 3.63) is 30.1 Å². The highest BCUT2D eigenvalue weighted by Gasteiger charge is 2.37. The zero-order valence-corrected chi connectivity index (χ0v) is 12.0. The number of hydrogen-bond acceptors (Lipinski definition) is 3. The maximum absolute atomic E-state index is 12.9. The summed E-state index contributed by atoms with van der Waals surface area (Å²) in [7, 11) is 1.60. The fourth-order valence-corrected chi connectivity index (χ4v) is 2.35. The monoisotopic (exact) mass is 294 g/mol. The summed E-state index contributed by atoms with van der Waals surface area (Å²) in [4.78, 5) is 25.8. The Morgan fingerprint density at radius 1 is 1.43 bits per heavy atom. The standard InChI is InChI=1S/C15H19FN2O3/c1-21-10-2-8-17-14(19)13-7-9-18(15(13)20)12-5-3-11(16)4-6-12/h3-6,13H,2,7-10H2,1H3,(H,17,19)/t13-/m1/s1. The second-order valence-electron chi connectivity index (χ2n) is 4.94. The average molecular weight is 294 g/mol. The largest absolute Gasteiger partial charge is 0.385 e. The highest BCUT2D eigenvalue weighted by atomic mass is 19.1. The Labute approximate surface area is 123 Å². The minimum atomic E-state index is -0.655. The van der Waals surface area contributed by atoms with Crippen LogP contribution in [-0.2, 0) is 14.3 Å². The zero-order chi connectivity index (χ0) is 15.2. The Balaban J connectivity index is 1.91. The van der Waals surface area contributed by atoms with Gasteiger partial charge in [-0.3, -0.25) is 9.59 Å². The first kappa shape index (κ1) is 15.4. The van der Waals surface area contributed by atoms with E-state index in [1.807, 2.05) is 0 Å². The summed E-state index contributed by atoms with van der Waals surface area (Å²) >= 11 is 0. The van der Waals surface area contributed by atoms with Crippen molar-refractivity contribution in [3.63, 3.8) is 0 Å². The number of amides is 2. The Bertz CT molecular complexity index is 504. The van der Waals surface area contributed by atoms with Crippen LogP contribution in [0.5, 0.6) is 0 Å². The molecule has 1 fully saturated rings. The molecule has 0 bridgehead atoms. The Kier molecular flexibility index (Phi) is 5.27. The number of benzene rings is 1. The molecule has 2 amide bonds. The fraction of sp³-hybridized carbons (Fsp3) is 0.467. The predicted molar refractivity (Wildman–Crippen MR) is 76.4 cm³/mol. The highest BCUT2D eigenvalue weighted by Crippen LogP contribution is 2.25. The molecule has 1 aliphatic rings. The number of ether oxygens (including phenoxy) is 1. The van der Waals surface area contributed by atoms with E-state index >= 15 is 0 Å². The molecule has 0 radical (unpaired) electrons. The van der Waals surface area contributed by atoms with Crippen molar-refractivity contribution in [2.45, 2.75) is 12.8 Å². The summed E-state index contributed by atoms with van der Waals surface area (Å²) in [5.74, 6) is -1.48. The van der Waals surface area contributed by atoms with E-state index in [9.17, 15) is 14.0 Å². The van der Waals surface area contributed by atoms with Crippen molar-refractivity contribution in [1.82, 2.24) is 5.32 Å². The van der Waals surface area contributed by atoms with Crippen molar-refractivity contribution in [2.24, 2.45) is 5.92 Å². The van der Waals surface area contributed by atoms with E-state index < -0.39 is 5.92 Å². The number of carbonyl (C=O) groups excluding carboxylic acids is 2. The van der Waals surface area contributed by atoms with Crippen LogP contribution in [0.15, 0.2) is 24.3 Å². The first-order valence-corrected chi connectivity index (χ1v) is 6.97. The van der Waals surface area contributed by atoms with Gasteiger partial charge in [-0.05, 0) is 37.1 Å². The minimum Gasteiger partial charge on any atom is -0.385 e. The lowest BCUT2D eigenvalue weighted by Gasteiger charge is -2.16. The lowest BCUT2D eigenvalue weighted by Crippen LogP contribution is -2.37. The van der Waals surface area contributed by atoms with Gasteiger partial charge < -0.3 is 15.0 Å². The molecule has 1 aromatic carbocycles. The van der Waals surface area contributed by atoms with Gasteiger partial charge in [0.05, 0.1) is 0 Å². The summed E-state index contributed by atoms with van der Waals surface area (Å²) in [5.41, 5.74) is 0.621. The van der Waals surface area contributed by atoms with E-state index in [0.717, 1.165) is 0 Å². The fourth-order valence-electron chi connectivity index (χ4n) is 2.35. The Morgan fingerprint density at radius 3 is 2.81 bits per heavy atom. The molecule has 114 valence electrons. The van der Waals surface area contributed by atoms with Crippen molar-refractivity contribution in [3.8, 4) is 0 Å². The van der Waals surface area contributed by atoms with E-state index in [1.165, 1.54) is 17.0 Å². The molecule has 1 aromatic rings. The van der Waals surface area contributed by atoms with Gasteiger partial charge in [-0.1, -0.05) is 0 Å². The van der Waals surface area contributed by atoms with Crippen LogP contribution in [0, 0.1) is 11.7 Å². The number of methoxy groups -OCH3 is 1. The Morgan fingerprint density at radius 2 is 2.14 bits per heavy atom. The SMILES string of the molecule is COCCCNC(=O)[C@H]1CCN(c2ccc(F)cc2)C1=O. The zero-order valence-electron chi connectivity index (χ0n) is 12.0. The lowest BCUT2D eigenvalue weighted by molar-refractivity contribution is -0.132. The van der Waals surface area contributed by atoms with Gasteiger partial charge >= 0.3 is 0 Å². The van der Waals surface area contributed by atoms with Crippen molar-refractivity contribution < 1.29 is 18.7 Å². The van der Waals surface area contributed by atoms with Crippen LogP contribution < -0.4 is 10.2 Å². The Hall–Kier alpha value is -1.95. The van der Waals surface area contributed by atoms with E-state index in [0.29, 0.717) is 38.2 Å². The maximum Gasteiger partial charge on any atom is 0.239 e. The smallest absolute Gasteiger partial charge is 0.239 e. The molecular formula is C15H19FN2O3. The molecule has 2 rings (SSSR count). The number of halogens is 1. The molecule has 1 N–H and O–H groups in total. The van der Waals surface area contributed by atoms with Gasteiger partial charge in [0.2, 0.25) is 11.8 Å². The first-order valence-electron chi connectivity index (χ1n) is 6.97. The number of anilines is 1. The molecule has 0 unspecified atom stereocenters. The van der Waals surface area contributed by atoms with Crippen LogP contribution in [0.1, 0.15) is 12.8 Å². The molecule has 1 aliphatic heterocycles. The van der Waals surface area contributed by atoms with Crippen LogP contribution in [0.3, 0.4) is 0 Å². The van der Waals surface area contributed by atoms with Gasteiger partial charge in [-0.15, -0.1) is 0 Å². The minimum absolute atomic E-state index is 0.231. The van der Waals surface area contributed by atoms with Gasteiger partial charge in [-0.25, -0.2) is 4.39 Å². The molecule has 1 saturated heterocycles. The number of hydrogen-bond donors (Lipinski definition) is 1. The second kappa shape index (κ2) is 7.17. The first-order chi connectivity index (χ1) is 10.1. The quantitative estimate of drug-likeness (QED) is 0.636. The maximum atomic E-state index is 12.9. The molecule has 0 spiro atoms. The van der Waals surface area contributed by atoms with Crippen LogP contribution in [0.25, 0.3) is 0 Å². The van der Waals surface area contributed by atoms with Crippen LogP contribution in [-0.4, -0.2) is 38.6 Å². The van der Waals surface area contributed by atoms with Gasteiger partial charge in [0.1, 0.15) is 11.7 Å². The van der Waals surface area contributed by atoms with Gasteiger partial charge in [0.15, 0.2) is 0 Å². The topological polar surface area (TPSA) is 58.6 Å². The van der Waals surface area contributed by atoms with Gasteiger partial charge in [-0.2, -0.15) is 0 Å². The normalized spacial score (nSPS) is 18.1. The summed E-state index contributed by atoms with van der Waals surface area (Å²) in [6.07, 6.45) is 1.19. The molecular weight excluding hydrogens is 275 g/mol. The average Bonchev–Trinajstić information content (AvgIpc) is 2.86. The number of rotatable bonds is 6. The van der Waals surface area contributed by atoms with Gasteiger partial charge in [0, 0.05) is 32.5 Å². The van der Waals surface area contributed by atoms with Gasteiger partial charge in [0.25, 0.3) is 0 Å². The molecule has 1 heterocycles. The van der Waals surface area contributed by atoms with Crippen molar-refractivity contribution >= 4 is 17.5 Å². The predicted octanol–water partition coefficient (Wildman–Crippen LogP) is 1.33. The van der Waals surface area contributed by atoms with Crippen LogP contribution in [0.4, 0.5) is 10.1 Å². The highest BCUT2D eigenvalue weighted by molar-refractivity contribution is 6.09. The van der Waals surface area contributed by atoms with Crippen molar-refractivity contribution in [2.75, 3.05) is 31.7 Å². The van der Waals surface area contributed by atoms with E-state index in [4.69, 9.17) is 4.74 Å². The molecule has 1 atom stereocenters. The summed E-state index contributed by atoms with van der Waals surface area (Å²) < 4.78 is 17.8. The molecule has 0 saturated carbocycles. The lowest BCUT2D eigenvalue weighted by atomic mass is 10.1. The summed E-state index contributed by atoms with van der Waals surface area (Å²) in [5, 5.41) is 2.74. The van der Waals surface area contributed by atoms with E-state index in [1.54, 1.807) is 19.2 Å².